The van der Waals surface area contributed by atoms with Gasteiger partial charge in [0.05, 0.1) is 0 Å². The first-order valence-electron chi connectivity index (χ1n) is 5.91. The van der Waals surface area contributed by atoms with Crippen LogP contribution in [0.25, 0.3) is 0 Å². The minimum Gasteiger partial charge on any atom is -0.309 e. The Morgan fingerprint density at radius 2 is 1.71 bits per heavy atom. The van der Waals surface area contributed by atoms with E-state index in [4.69, 9.17) is 0 Å². The molecule has 0 aliphatic heterocycles. The van der Waals surface area contributed by atoms with E-state index in [9.17, 15) is 0 Å². The van der Waals surface area contributed by atoms with Crippen LogP contribution in [0.5, 0.6) is 0 Å². The van der Waals surface area contributed by atoms with Crippen molar-refractivity contribution in [2.45, 2.75) is 26.9 Å². The number of pyridine rings is 1. The minimum absolute atomic E-state index is 0.862. The monoisotopic (exact) mass is 226 g/mol. The Kier molecular flexibility index (Phi) is 3.89. The summed E-state index contributed by atoms with van der Waals surface area (Å²) in [4.78, 5) is 4.10. The van der Waals surface area contributed by atoms with Gasteiger partial charge in [0, 0.05) is 25.5 Å². The third-order valence-corrected chi connectivity index (χ3v) is 2.66. The summed E-state index contributed by atoms with van der Waals surface area (Å²) in [6, 6.07) is 10.7. The smallest absolute Gasteiger partial charge is 0.0312 e. The average Bonchev–Trinajstić information content (AvgIpc) is 2.29. The summed E-state index contributed by atoms with van der Waals surface area (Å²) >= 11 is 0. The van der Waals surface area contributed by atoms with Crippen LogP contribution in [0.4, 0.5) is 0 Å². The predicted octanol–water partition coefficient (Wildman–Crippen LogP) is 2.99. The van der Waals surface area contributed by atoms with Crippen molar-refractivity contribution < 1.29 is 0 Å². The standard InChI is InChI=1S/C15H18N2/c1-12-6-13(2)8-15(7-12)11-17-10-14-4-3-5-16-9-14/h3-9,17H,10-11H2,1-2H3. The fraction of sp³-hybridized carbons (Fsp3) is 0.267. The third-order valence-electron chi connectivity index (χ3n) is 2.66. The molecule has 0 fully saturated rings. The number of aromatic nitrogens is 1. The second-order valence-electron chi connectivity index (χ2n) is 4.46. The van der Waals surface area contributed by atoms with Crippen molar-refractivity contribution in [3.05, 3.63) is 65.0 Å². The summed E-state index contributed by atoms with van der Waals surface area (Å²) in [5, 5.41) is 3.43. The maximum atomic E-state index is 4.10. The molecule has 2 aromatic rings. The molecular formula is C15H18N2. The lowest BCUT2D eigenvalue weighted by Gasteiger charge is -2.07. The van der Waals surface area contributed by atoms with Crippen LogP contribution in [0, 0.1) is 13.8 Å². The van der Waals surface area contributed by atoms with Crippen LogP contribution in [0.2, 0.25) is 0 Å². The highest BCUT2D eigenvalue weighted by atomic mass is 14.8. The Hall–Kier alpha value is -1.67. The zero-order valence-electron chi connectivity index (χ0n) is 10.4. The normalized spacial score (nSPS) is 10.5. The molecule has 0 aliphatic rings. The number of benzene rings is 1. The van der Waals surface area contributed by atoms with Gasteiger partial charge in [-0.05, 0) is 31.0 Å². The van der Waals surface area contributed by atoms with Crippen molar-refractivity contribution in [1.82, 2.24) is 10.3 Å². The van der Waals surface area contributed by atoms with Crippen LogP contribution in [-0.4, -0.2) is 4.98 Å². The first-order chi connectivity index (χ1) is 8.24. The second-order valence-corrected chi connectivity index (χ2v) is 4.46. The Morgan fingerprint density at radius 1 is 1.00 bits per heavy atom. The first kappa shape index (κ1) is 11.8. The number of aryl methyl sites for hydroxylation is 2. The van der Waals surface area contributed by atoms with Gasteiger partial charge in [-0.15, -0.1) is 0 Å². The van der Waals surface area contributed by atoms with E-state index in [0.717, 1.165) is 13.1 Å². The SMILES string of the molecule is Cc1cc(C)cc(CNCc2cccnc2)c1. The first-order valence-corrected chi connectivity index (χ1v) is 5.91. The number of nitrogens with one attached hydrogen (secondary N) is 1. The summed E-state index contributed by atoms with van der Waals surface area (Å²) in [5.74, 6) is 0. The van der Waals surface area contributed by atoms with Crippen LogP contribution in [-0.2, 0) is 13.1 Å². The van der Waals surface area contributed by atoms with E-state index in [1.807, 2.05) is 12.3 Å². The summed E-state index contributed by atoms with van der Waals surface area (Å²) < 4.78 is 0. The van der Waals surface area contributed by atoms with Crippen LogP contribution in [0.15, 0.2) is 42.7 Å². The minimum atomic E-state index is 0.862. The maximum Gasteiger partial charge on any atom is 0.0312 e. The molecule has 17 heavy (non-hydrogen) atoms. The molecule has 2 rings (SSSR count). The molecule has 0 spiro atoms. The molecule has 0 amide bonds. The van der Waals surface area contributed by atoms with Crippen molar-refractivity contribution >= 4 is 0 Å². The van der Waals surface area contributed by atoms with Gasteiger partial charge in [-0.25, -0.2) is 0 Å². The number of hydrogen-bond donors (Lipinski definition) is 1. The van der Waals surface area contributed by atoms with Gasteiger partial charge in [0.15, 0.2) is 0 Å². The van der Waals surface area contributed by atoms with Crippen molar-refractivity contribution in [2.24, 2.45) is 0 Å². The third kappa shape index (κ3) is 3.68. The lowest BCUT2D eigenvalue weighted by molar-refractivity contribution is 0.690. The lowest BCUT2D eigenvalue weighted by Crippen LogP contribution is -2.12. The highest BCUT2D eigenvalue weighted by Gasteiger charge is 1.96. The van der Waals surface area contributed by atoms with E-state index in [-0.39, 0.29) is 0 Å². The highest BCUT2D eigenvalue weighted by molar-refractivity contribution is 5.28. The van der Waals surface area contributed by atoms with Gasteiger partial charge in [-0.1, -0.05) is 35.4 Å². The molecule has 0 radical (unpaired) electrons. The molecule has 0 bridgehead atoms. The summed E-state index contributed by atoms with van der Waals surface area (Å²) in [7, 11) is 0. The molecular weight excluding hydrogens is 208 g/mol. The Labute approximate surface area is 103 Å². The fourth-order valence-electron chi connectivity index (χ4n) is 2.02. The molecule has 2 heteroatoms. The Morgan fingerprint density at radius 3 is 2.35 bits per heavy atom. The van der Waals surface area contributed by atoms with Crippen molar-refractivity contribution in [3.63, 3.8) is 0 Å². The Bertz CT molecular complexity index is 457. The largest absolute Gasteiger partial charge is 0.309 e. The molecule has 2 nitrogen and oxygen atoms in total. The molecule has 1 aromatic carbocycles. The molecule has 0 saturated heterocycles. The number of nitrogens with zero attached hydrogens (tertiary/aromatic N) is 1. The van der Waals surface area contributed by atoms with Gasteiger partial charge in [0.2, 0.25) is 0 Å². The summed E-state index contributed by atoms with van der Waals surface area (Å²) in [6.07, 6.45) is 3.70. The second kappa shape index (κ2) is 5.60. The van der Waals surface area contributed by atoms with E-state index in [0.29, 0.717) is 0 Å². The predicted molar refractivity (Wildman–Crippen MR) is 70.7 cm³/mol. The quantitative estimate of drug-likeness (QED) is 0.867. The van der Waals surface area contributed by atoms with Gasteiger partial charge in [-0.3, -0.25) is 4.98 Å². The van der Waals surface area contributed by atoms with Crippen molar-refractivity contribution in [2.75, 3.05) is 0 Å². The van der Waals surface area contributed by atoms with Crippen LogP contribution in [0.1, 0.15) is 22.3 Å². The zero-order valence-corrected chi connectivity index (χ0v) is 10.4. The molecule has 0 atom stereocenters. The molecule has 1 aromatic heterocycles. The zero-order chi connectivity index (χ0) is 12.1. The highest BCUT2D eigenvalue weighted by Crippen LogP contribution is 2.08. The molecule has 1 heterocycles. The van der Waals surface area contributed by atoms with Gasteiger partial charge < -0.3 is 5.32 Å². The van der Waals surface area contributed by atoms with Crippen LogP contribution >= 0.6 is 0 Å². The van der Waals surface area contributed by atoms with Crippen molar-refractivity contribution in [1.29, 1.82) is 0 Å². The van der Waals surface area contributed by atoms with E-state index in [2.05, 4.69) is 48.4 Å². The van der Waals surface area contributed by atoms with Crippen LogP contribution in [0.3, 0.4) is 0 Å². The summed E-state index contributed by atoms with van der Waals surface area (Å²) in [6.45, 7) is 6.04. The molecule has 0 unspecified atom stereocenters. The van der Waals surface area contributed by atoms with Crippen LogP contribution < -0.4 is 5.32 Å². The fourth-order valence-corrected chi connectivity index (χ4v) is 2.02. The molecule has 0 saturated carbocycles. The topological polar surface area (TPSA) is 24.9 Å². The van der Waals surface area contributed by atoms with E-state index in [1.54, 1.807) is 6.20 Å². The van der Waals surface area contributed by atoms with E-state index < -0.39 is 0 Å². The van der Waals surface area contributed by atoms with Gasteiger partial charge >= 0.3 is 0 Å². The maximum absolute atomic E-state index is 4.10. The molecule has 1 N–H and O–H groups in total. The molecule has 88 valence electrons. The van der Waals surface area contributed by atoms with E-state index >= 15 is 0 Å². The number of hydrogen-bond acceptors (Lipinski definition) is 2. The van der Waals surface area contributed by atoms with Gasteiger partial charge in [0.25, 0.3) is 0 Å². The van der Waals surface area contributed by atoms with Gasteiger partial charge in [-0.2, -0.15) is 0 Å². The lowest BCUT2D eigenvalue weighted by atomic mass is 10.1. The van der Waals surface area contributed by atoms with E-state index in [1.165, 1.54) is 22.3 Å². The Balaban J connectivity index is 1.90. The van der Waals surface area contributed by atoms with Gasteiger partial charge in [0.1, 0.15) is 0 Å². The molecule has 0 aliphatic carbocycles. The average molecular weight is 226 g/mol. The van der Waals surface area contributed by atoms with Crippen molar-refractivity contribution in [3.8, 4) is 0 Å². The summed E-state index contributed by atoms with van der Waals surface area (Å²) in [5.41, 5.74) is 5.20. The number of rotatable bonds is 4.